The van der Waals surface area contributed by atoms with E-state index in [4.69, 9.17) is 0 Å². The van der Waals surface area contributed by atoms with Gasteiger partial charge in [0.05, 0.1) is 4.90 Å². The van der Waals surface area contributed by atoms with Crippen molar-refractivity contribution in [2.75, 3.05) is 18.5 Å². The summed E-state index contributed by atoms with van der Waals surface area (Å²) in [6, 6.07) is 4.91. The van der Waals surface area contributed by atoms with Gasteiger partial charge in [-0.2, -0.15) is 4.31 Å². The summed E-state index contributed by atoms with van der Waals surface area (Å²) in [6.07, 6.45) is 1.55. The van der Waals surface area contributed by atoms with Crippen LogP contribution in [0.1, 0.15) is 23.2 Å². The summed E-state index contributed by atoms with van der Waals surface area (Å²) in [5.74, 6) is -7.56. The molecule has 11 heteroatoms. The smallest absolute Gasteiger partial charge is 0.269 e. The average Bonchev–Trinajstić information content (AvgIpc) is 3.22. The number of nitrogens with zero attached hydrogens (tertiary/aromatic N) is 1. The number of anilines is 1. The van der Waals surface area contributed by atoms with Gasteiger partial charge in [0.25, 0.3) is 5.91 Å². The molecule has 2 N–H and O–H groups in total. The van der Waals surface area contributed by atoms with Gasteiger partial charge in [-0.25, -0.2) is 26.0 Å². The molecule has 3 rings (SSSR count). The minimum Gasteiger partial charge on any atom is -0.293 e. The van der Waals surface area contributed by atoms with Gasteiger partial charge in [0, 0.05) is 24.7 Å². The number of carbonyl (C=O) groups is 1. The fraction of sp³-hybridized carbons (Fsp3) is 0.235. The van der Waals surface area contributed by atoms with Gasteiger partial charge in [-0.1, -0.05) is 0 Å². The molecule has 2 aromatic carbocycles. The number of halogens is 4. The highest BCUT2D eigenvalue weighted by Gasteiger charge is 2.27. The lowest BCUT2D eigenvalue weighted by Crippen LogP contribution is -2.31. The van der Waals surface area contributed by atoms with Gasteiger partial charge in [0.1, 0.15) is 5.69 Å². The lowest BCUT2D eigenvalue weighted by atomic mass is 10.2. The summed E-state index contributed by atoms with van der Waals surface area (Å²) in [6.45, 7) is 0.853. The molecule has 0 spiro atoms. The van der Waals surface area contributed by atoms with Crippen LogP contribution in [0.3, 0.4) is 0 Å². The second kappa shape index (κ2) is 7.76. The molecule has 1 fully saturated rings. The van der Waals surface area contributed by atoms with Gasteiger partial charge in [-0.3, -0.25) is 15.6 Å². The Labute approximate surface area is 158 Å². The molecule has 1 aliphatic heterocycles. The maximum atomic E-state index is 13.6. The predicted molar refractivity (Wildman–Crippen MR) is 91.8 cm³/mol. The van der Waals surface area contributed by atoms with E-state index in [1.54, 1.807) is 5.43 Å². The van der Waals surface area contributed by atoms with Crippen molar-refractivity contribution < 1.29 is 30.8 Å². The topological polar surface area (TPSA) is 78.5 Å². The molecule has 0 bridgehead atoms. The number of rotatable bonds is 5. The monoisotopic (exact) mass is 417 g/mol. The predicted octanol–water partition coefficient (Wildman–Crippen LogP) is 2.78. The molecule has 6 nitrogen and oxygen atoms in total. The summed E-state index contributed by atoms with van der Waals surface area (Å²) >= 11 is 0. The molecule has 0 aromatic heterocycles. The van der Waals surface area contributed by atoms with Crippen molar-refractivity contribution in [2.45, 2.75) is 17.7 Å². The van der Waals surface area contributed by atoms with Crippen LogP contribution in [0, 0.1) is 23.3 Å². The first-order valence-corrected chi connectivity index (χ1v) is 9.65. The van der Waals surface area contributed by atoms with Gasteiger partial charge in [0.2, 0.25) is 10.0 Å². The minimum atomic E-state index is -3.65. The lowest BCUT2D eigenvalue weighted by Gasteiger charge is -2.15. The quantitative estimate of drug-likeness (QED) is 0.446. The molecule has 0 atom stereocenters. The van der Waals surface area contributed by atoms with Crippen LogP contribution >= 0.6 is 0 Å². The molecule has 0 saturated carbocycles. The first-order valence-electron chi connectivity index (χ1n) is 8.21. The van der Waals surface area contributed by atoms with Crippen molar-refractivity contribution in [3.63, 3.8) is 0 Å². The fourth-order valence-electron chi connectivity index (χ4n) is 2.73. The van der Waals surface area contributed by atoms with Crippen LogP contribution in [0.4, 0.5) is 23.2 Å². The van der Waals surface area contributed by atoms with Crippen LogP contribution < -0.4 is 10.9 Å². The maximum Gasteiger partial charge on any atom is 0.269 e. The van der Waals surface area contributed by atoms with Crippen LogP contribution in [0.15, 0.2) is 35.2 Å². The van der Waals surface area contributed by atoms with E-state index in [9.17, 15) is 30.8 Å². The Bertz CT molecular complexity index is 981. The van der Waals surface area contributed by atoms with Gasteiger partial charge in [-0.05, 0) is 37.1 Å². The molecule has 1 saturated heterocycles. The van der Waals surface area contributed by atoms with Crippen LogP contribution in [-0.4, -0.2) is 31.7 Å². The molecule has 1 aliphatic rings. The molecule has 0 radical (unpaired) electrons. The molecular formula is C17H15F4N3O3S. The van der Waals surface area contributed by atoms with E-state index in [1.165, 1.54) is 28.6 Å². The molecule has 1 heterocycles. The standard InChI is InChI=1S/C17H15F4N3O3S/c18-12-9-13(19)15(21)16(14(12)20)22-23-17(25)10-3-5-11(6-4-10)28(26,27)24-7-1-2-8-24/h3-6,9,22H,1-2,7-8H2,(H,23,25). The fourth-order valence-corrected chi connectivity index (χ4v) is 4.25. The highest BCUT2D eigenvalue weighted by molar-refractivity contribution is 7.89. The highest BCUT2D eigenvalue weighted by Crippen LogP contribution is 2.24. The van der Waals surface area contributed by atoms with Crippen molar-refractivity contribution in [2.24, 2.45) is 0 Å². The Morgan fingerprint density at radius 3 is 2.00 bits per heavy atom. The van der Waals surface area contributed by atoms with Crippen LogP contribution in [-0.2, 0) is 10.0 Å². The Morgan fingerprint density at radius 2 is 1.46 bits per heavy atom. The maximum absolute atomic E-state index is 13.6. The third-order valence-corrected chi connectivity index (χ3v) is 6.15. The van der Waals surface area contributed by atoms with E-state index >= 15 is 0 Å². The van der Waals surface area contributed by atoms with Crippen molar-refractivity contribution in [1.82, 2.24) is 9.73 Å². The Morgan fingerprint density at radius 1 is 0.929 bits per heavy atom. The minimum absolute atomic E-state index is 0.00296. The number of amides is 1. The Kier molecular flexibility index (Phi) is 5.57. The van der Waals surface area contributed by atoms with Gasteiger partial charge in [0.15, 0.2) is 23.3 Å². The number of hydrazine groups is 1. The third-order valence-electron chi connectivity index (χ3n) is 4.23. The first kappa shape index (κ1) is 20.1. The highest BCUT2D eigenvalue weighted by atomic mass is 32.2. The van der Waals surface area contributed by atoms with Crippen LogP contribution in [0.25, 0.3) is 0 Å². The Hall–Kier alpha value is -2.66. The van der Waals surface area contributed by atoms with Crippen molar-refractivity contribution in [3.05, 3.63) is 59.2 Å². The number of benzene rings is 2. The number of nitrogens with one attached hydrogen (secondary N) is 2. The van der Waals surface area contributed by atoms with Crippen LogP contribution in [0.5, 0.6) is 0 Å². The van der Waals surface area contributed by atoms with Gasteiger partial charge in [-0.15, -0.1) is 0 Å². The molecule has 2 aromatic rings. The Balaban J connectivity index is 1.72. The largest absolute Gasteiger partial charge is 0.293 e. The van der Waals surface area contributed by atoms with Gasteiger partial charge < -0.3 is 0 Å². The van der Waals surface area contributed by atoms with Gasteiger partial charge >= 0.3 is 0 Å². The molecule has 0 aliphatic carbocycles. The summed E-state index contributed by atoms with van der Waals surface area (Å²) < 4.78 is 79.6. The summed E-state index contributed by atoms with van der Waals surface area (Å²) in [5.41, 5.74) is 2.47. The van der Waals surface area contributed by atoms with E-state index in [-0.39, 0.29) is 16.5 Å². The molecule has 150 valence electrons. The van der Waals surface area contributed by atoms with E-state index in [1.807, 2.05) is 5.43 Å². The number of hydrogen-bond donors (Lipinski definition) is 2. The van der Waals surface area contributed by atoms with Crippen molar-refractivity contribution >= 4 is 21.6 Å². The van der Waals surface area contributed by atoms with E-state index < -0.39 is 44.9 Å². The normalized spacial score (nSPS) is 14.9. The van der Waals surface area contributed by atoms with Crippen molar-refractivity contribution in [1.29, 1.82) is 0 Å². The molecule has 0 unspecified atom stereocenters. The zero-order valence-electron chi connectivity index (χ0n) is 14.3. The van der Waals surface area contributed by atoms with Crippen molar-refractivity contribution in [3.8, 4) is 0 Å². The lowest BCUT2D eigenvalue weighted by molar-refractivity contribution is 0.0962. The summed E-state index contributed by atoms with van der Waals surface area (Å²) in [4.78, 5) is 12.1. The summed E-state index contributed by atoms with van der Waals surface area (Å²) in [7, 11) is -3.65. The SMILES string of the molecule is O=C(NNc1c(F)c(F)cc(F)c1F)c1ccc(S(=O)(=O)N2CCCC2)cc1. The van der Waals surface area contributed by atoms with E-state index in [2.05, 4.69) is 0 Å². The zero-order valence-corrected chi connectivity index (χ0v) is 15.1. The second-order valence-corrected chi connectivity index (χ2v) is 8.00. The van der Waals surface area contributed by atoms with E-state index in [0.29, 0.717) is 13.1 Å². The summed E-state index contributed by atoms with van der Waals surface area (Å²) in [5, 5.41) is 0. The second-order valence-electron chi connectivity index (χ2n) is 6.06. The molecule has 1 amide bonds. The zero-order chi connectivity index (χ0) is 20.5. The average molecular weight is 417 g/mol. The van der Waals surface area contributed by atoms with Crippen LogP contribution in [0.2, 0.25) is 0 Å². The first-order chi connectivity index (χ1) is 13.2. The third kappa shape index (κ3) is 3.80. The number of hydrogen-bond acceptors (Lipinski definition) is 4. The number of sulfonamides is 1. The number of carbonyl (C=O) groups excluding carboxylic acids is 1. The molecular weight excluding hydrogens is 402 g/mol. The molecule has 28 heavy (non-hydrogen) atoms. The van der Waals surface area contributed by atoms with E-state index in [0.717, 1.165) is 12.8 Å².